The Morgan fingerprint density at radius 2 is 2.11 bits per heavy atom. The number of benzene rings is 1. The lowest BCUT2D eigenvalue weighted by molar-refractivity contribution is -0.0444. The number of aliphatic hydroxyl groups is 1. The van der Waals surface area contributed by atoms with E-state index >= 15 is 0 Å². The van der Waals surface area contributed by atoms with Gasteiger partial charge in [-0.15, -0.1) is 31.4 Å². The van der Waals surface area contributed by atoms with Crippen LogP contribution in [0.15, 0.2) is 43.1 Å². The number of fused-ring (bicyclic) bond motifs is 4. The van der Waals surface area contributed by atoms with Crippen molar-refractivity contribution in [3.05, 3.63) is 48.7 Å². The smallest absolute Gasteiger partial charge is 0.119 e. The molecule has 0 aliphatic carbocycles. The topological polar surface area (TPSA) is 77.1 Å². The largest absolute Gasteiger partial charge is 0.497 e. The summed E-state index contributed by atoms with van der Waals surface area (Å²) in [4.78, 5) is 6.86. The van der Waals surface area contributed by atoms with E-state index in [4.69, 9.17) is 4.74 Å². The molecule has 0 saturated carbocycles. The van der Waals surface area contributed by atoms with Gasteiger partial charge in [0.25, 0.3) is 0 Å². The Labute approximate surface area is 172 Å². The first kappa shape index (κ1) is 23.7. The second kappa shape index (κ2) is 9.71. The summed E-state index contributed by atoms with van der Waals surface area (Å²) >= 11 is 0. The van der Waals surface area contributed by atoms with Gasteiger partial charge < -0.3 is 15.3 Å². The molecule has 27 heavy (non-hydrogen) atoms. The highest BCUT2D eigenvalue weighted by molar-refractivity contribution is 5.85. The van der Waals surface area contributed by atoms with E-state index in [0.29, 0.717) is 11.8 Å². The van der Waals surface area contributed by atoms with Gasteiger partial charge in [0.1, 0.15) is 5.75 Å². The first-order valence-electron chi connectivity index (χ1n) is 8.68. The van der Waals surface area contributed by atoms with Crippen LogP contribution in [0, 0.1) is 11.8 Å². The molecule has 5 atom stereocenters. The van der Waals surface area contributed by atoms with E-state index < -0.39 is 6.10 Å². The fourth-order valence-electron chi connectivity index (χ4n) is 4.44. The number of nitrogens with zero attached hydrogens (tertiary/aromatic N) is 2. The van der Waals surface area contributed by atoms with E-state index in [9.17, 15) is 5.11 Å². The highest BCUT2D eigenvalue weighted by atomic mass is 35.5. The van der Waals surface area contributed by atoms with Gasteiger partial charge in [-0.2, -0.15) is 0 Å². The molecule has 0 spiro atoms. The summed E-state index contributed by atoms with van der Waals surface area (Å²) in [6.07, 6.45) is 5.62. The van der Waals surface area contributed by atoms with Crippen molar-refractivity contribution in [1.82, 2.24) is 9.88 Å². The number of ether oxygens (including phenoxy) is 1. The van der Waals surface area contributed by atoms with E-state index in [1.165, 1.54) is 6.42 Å². The van der Waals surface area contributed by atoms with E-state index in [1.807, 2.05) is 24.3 Å². The summed E-state index contributed by atoms with van der Waals surface area (Å²) in [5, 5.41) is 12.1. The average molecular weight is 415 g/mol. The third kappa shape index (κ3) is 4.23. The van der Waals surface area contributed by atoms with Gasteiger partial charge in [-0.25, -0.2) is 0 Å². The quantitative estimate of drug-likeness (QED) is 0.779. The minimum absolute atomic E-state index is 0. The minimum atomic E-state index is -0.504. The van der Waals surface area contributed by atoms with Crippen LogP contribution in [-0.4, -0.2) is 46.7 Å². The molecule has 3 N–H and O–H groups in total. The summed E-state index contributed by atoms with van der Waals surface area (Å²) in [7, 11) is 1.66. The lowest BCUT2D eigenvalue weighted by Gasteiger charge is -2.50. The Balaban J connectivity index is 0.00000121. The van der Waals surface area contributed by atoms with Crippen LogP contribution in [0.2, 0.25) is 0 Å². The molecule has 1 aromatic carbocycles. The number of halogens is 2. The normalized spacial score (nSPS) is 26.9. The number of hydrogen-bond donors (Lipinski definition) is 1. The van der Waals surface area contributed by atoms with Crippen LogP contribution >= 0.6 is 24.8 Å². The summed E-state index contributed by atoms with van der Waals surface area (Å²) in [5.41, 5.74) is 1.85. The molecule has 5 nitrogen and oxygen atoms in total. The molecule has 3 fully saturated rings. The van der Waals surface area contributed by atoms with Crippen LogP contribution in [0.4, 0.5) is 0 Å². The Morgan fingerprint density at radius 3 is 2.74 bits per heavy atom. The fraction of sp³-hybridized carbons (Fsp3) is 0.450. The van der Waals surface area contributed by atoms with Crippen LogP contribution in [-0.2, 0) is 0 Å². The van der Waals surface area contributed by atoms with Crippen LogP contribution in [0.5, 0.6) is 5.75 Å². The van der Waals surface area contributed by atoms with Crippen LogP contribution in [0.25, 0.3) is 10.9 Å². The minimum Gasteiger partial charge on any atom is -0.497 e. The Morgan fingerprint density at radius 1 is 1.33 bits per heavy atom. The lowest BCUT2D eigenvalue weighted by atomic mass is 9.73. The maximum Gasteiger partial charge on any atom is 0.119 e. The maximum absolute atomic E-state index is 11.2. The van der Waals surface area contributed by atoms with Gasteiger partial charge >= 0.3 is 0 Å². The molecule has 4 heterocycles. The van der Waals surface area contributed by atoms with E-state index in [2.05, 4.69) is 22.5 Å². The molecule has 2 aromatic rings. The lowest BCUT2D eigenvalue weighted by Crippen LogP contribution is -2.54. The zero-order valence-corrected chi connectivity index (χ0v) is 17.0. The predicted molar refractivity (Wildman–Crippen MR) is 113 cm³/mol. The van der Waals surface area contributed by atoms with Crippen molar-refractivity contribution < 1.29 is 15.3 Å². The van der Waals surface area contributed by atoms with Crippen molar-refractivity contribution in [1.29, 1.82) is 0 Å². The van der Waals surface area contributed by atoms with Gasteiger partial charge in [0, 0.05) is 24.2 Å². The van der Waals surface area contributed by atoms with Gasteiger partial charge in [0.15, 0.2) is 0 Å². The third-order valence-electron chi connectivity index (χ3n) is 5.82. The highest BCUT2D eigenvalue weighted by Gasteiger charge is 2.42. The summed E-state index contributed by atoms with van der Waals surface area (Å²) in [6, 6.07) is 7.96. The van der Waals surface area contributed by atoms with Crippen LogP contribution < -0.4 is 4.74 Å². The molecular weight excluding hydrogens is 387 g/mol. The van der Waals surface area contributed by atoms with Crippen molar-refractivity contribution in [2.24, 2.45) is 11.8 Å². The molecule has 3 aliphatic rings. The number of aliphatic hydroxyl groups excluding tert-OH is 1. The number of piperidine rings is 3. The van der Waals surface area contributed by atoms with Gasteiger partial charge in [0.2, 0.25) is 0 Å². The second-order valence-corrected chi connectivity index (χ2v) is 6.97. The van der Waals surface area contributed by atoms with Gasteiger partial charge in [-0.05, 0) is 61.1 Å². The SMILES string of the molecule is C=C[C@H]1CN2CC[C@H]1C[C@H]2[C@H](O)c1ccnc2ccc(OC)cc12.Cl.Cl.O. The number of methoxy groups -OCH3 is 1. The van der Waals surface area contributed by atoms with Crippen molar-refractivity contribution >= 4 is 35.7 Å². The Kier molecular flexibility index (Phi) is 8.51. The van der Waals surface area contributed by atoms with Crippen molar-refractivity contribution in [3.8, 4) is 5.75 Å². The molecule has 2 bridgehead atoms. The standard InChI is InChI=1S/C20H24N2O2.2ClH.H2O/c1-3-13-12-22-9-7-14(13)10-19(22)20(23)16-6-8-21-18-5-4-15(24-2)11-17(16)18;;;/h3-6,8,11,13-14,19-20,23H,1,7,9-10,12H2,2H3;2*1H;1H2/t13-,14-,19-,20+;;;/m0.../s1. The van der Waals surface area contributed by atoms with Crippen LogP contribution in [0.3, 0.4) is 0 Å². The molecule has 0 radical (unpaired) electrons. The van der Waals surface area contributed by atoms with E-state index in [-0.39, 0.29) is 36.3 Å². The zero-order valence-electron chi connectivity index (χ0n) is 15.4. The van der Waals surface area contributed by atoms with E-state index in [1.54, 1.807) is 13.3 Å². The molecular formula is C20H28Cl2N2O3. The van der Waals surface area contributed by atoms with Gasteiger partial charge in [-0.3, -0.25) is 9.88 Å². The van der Waals surface area contributed by atoms with Gasteiger partial charge in [0.05, 0.1) is 18.7 Å². The zero-order chi connectivity index (χ0) is 16.7. The Hall–Kier alpha value is -1.37. The molecule has 150 valence electrons. The molecule has 7 heteroatoms. The average Bonchev–Trinajstić information content (AvgIpc) is 2.66. The highest BCUT2D eigenvalue weighted by Crippen LogP contribution is 2.42. The van der Waals surface area contributed by atoms with Gasteiger partial charge in [-0.1, -0.05) is 6.08 Å². The Bertz CT molecular complexity index is 774. The molecule has 5 rings (SSSR count). The van der Waals surface area contributed by atoms with Crippen molar-refractivity contribution in [2.75, 3.05) is 20.2 Å². The van der Waals surface area contributed by atoms with E-state index in [0.717, 1.165) is 41.7 Å². The second-order valence-electron chi connectivity index (χ2n) is 6.97. The molecule has 0 amide bonds. The number of pyridine rings is 1. The molecule has 3 aliphatic heterocycles. The summed E-state index contributed by atoms with van der Waals surface area (Å²) < 4.78 is 5.35. The maximum atomic E-state index is 11.2. The molecule has 1 unspecified atom stereocenters. The summed E-state index contributed by atoms with van der Waals surface area (Å²) in [5.74, 6) is 2.01. The number of aromatic nitrogens is 1. The first-order chi connectivity index (χ1) is 11.7. The first-order valence-corrected chi connectivity index (χ1v) is 8.68. The monoisotopic (exact) mass is 414 g/mol. The predicted octanol–water partition coefficient (Wildman–Crippen LogP) is 3.19. The molecule has 1 aromatic heterocycles. The van der Waals surface area contributed by atoms with Crippen molar-refractivity contribution in [2.45, 2.75) is 25.0 Å². The number of rotatable bonds is 4. The molecule has 3 saturated heterocycles. The summed E-state index contributed by atoms with van der Waals surface area (Å²) in [6.45, 7) is 6.07. The van der Waals surface area contributed by atoms with Crippen molar-refractivity contribution in [3.63, 3.8) is 0 Å². The fourth-order valence-corrected chi connectivity index (χ4v) is 4.44. The number of hydrogen-bond acceptors (Lipinski definition) is 4. The third-order valence-corrected chi connectivity index (χ3v) is 5.82. The van der Waals surface area contributed by atoms with Crippen LogP contribution in [0.1, 0.15) is 24.5 Å².